The topological polar surface area (TPSA) is 160 Å². The zero-order chi connectivity index (χ0) is 16.0. The maximum absolute atomic E-state index is 11.9. The molecule has 0 unspecified atom stereocenters. The molecule has 0 radical (unpaired) electrons. The number of aliphatic hydroxyl groups is 3. The van der Waals surface area contributed by atoms with Gasteiger partial charge in [0.2, 0.25) is 5.95 Å². The minimum Gasteiger partial charge on any atom is -0.394 e. The van der Waals surface area contributed by atoms with Crippen LogP contribution in [0.2, 0.25) is 0 Å². The number of aromatic nitrogens is 4. The summed E-state index contributed by atoms with van der Waals surface area (Å²) in [6.07, 6.45) is -2.81. The Hall–Kier alpha value is -1.66. The molecule has 22 heavy (non-hydrogen) atoms. The lowest BCUT2D eigenvalue weighted by atomic mass is 10.1. The molecule has 1 aliphatic heterocycles. The molecule has 0 bridgehead atoms. The molecule has 0 saturated carbocycles. The lowest BCUT2D eigenvalue weighted by Gasteiger charge is -2.18. The number of nitrogens with one attached hydrogen (secondary N) is 1. The predicted octanol–water partition coefficient (Wildman–Crippen LogP) is -1.96. The van der Waals surface area contributed by atoms with Crippen molar-refractivity contribution in [2.45, 2.75) is 29.7 Å². The summed E-state index contributed by atoms with van der Waals surface area (Å²) in [5.74, 6) is -0.0990. The van der Waals surface area contributed by atoms with E-state index in [0.29, 0.717) is 5.16 Å². The van der Waals surface area contributed by atoms with Crippen LogP contribution in [-0.4, -0.2) is 66.0 Å². The molecular weight excluding hydrogens is 314 g/mol. The average molecular weight is 329 g/mol. The highest BCUT2D eigenvalue weighted by Gasteiger charge is 2.45. The molecule has 0 amide bonds. The van der Waals surface area contributed by atoms with Crippen molar-refractivity contribution in [3.8, 4) is 0 Å². The number of thioether (sulfide) groups is 1. The number of nitrogens with two attached hydrogens (primary N) is 1. The predicted molar refractivity (Wildman–Crippen MR) is 77.4 cm³/mol. The molecule has 0 aromatic carbocycles. The average Bonchev–Trinajstić information content (AvgIpc) is 2.98. The molecule has 120 valence electrons. The molecule has 4 atom stereocenters. The molecule has 11 heteroatoms. The third-order valence-corrected chi connectivity index (χ3v) is 4.14. The highest BCUT2D eigenvalue weighted by molar-refractivity contribution is 7.98. The number of H-pyrrole nitrogens is 1. The van der Waals surface area contributed by atoms with E-state index >= 15 is 0 Å². The zero-order valence-corrected chi connectivity index (χ0v) is 12.3. The molecule has 1 fully saturated rings. The summed E-state index contributed by atoms with van der Waals surface area (Å²) < 4.78 is 6.87. The van der Waals surface area contributed by atoms with Crippen LogP contribution in [0.1, 0.15) is 6.23 Å². The van der Waals surface area contributed by atoms with Crippen LogP contribution in [0.5, 0.6) is 0 Å². The molecule has 2 aromatic heterocycles. The Morgan fingerprint density at radius 3 is 2.73 bits per heavy atom. The van der Waals surface area contributed by atoms with E-state index in [1.807, 2.05) is 0 Å². The normalized spacial score (nSPS) is 28.5. The first kappa shape index (κ1) is 15.2. The monoisotopic (exact) mass is 329 g/mol. The molecule has 3 heterocycles. The van der Waals surface area contributed by atoms with Gasteiger partial charge in [-0.05, 0) is 6.26 Å². The molecule has 0 spiro atoms. The zero-order valence-electron chi connectivity index (χ0n) is 11.5. The fourth-order valence-corrected chi connectivity index (χ4v) is 3.02. The number of fused-ring (bicyclic) bond motifs is 1. The van der Waals surface area contributed by atoms with Gasteiger partial charge in [0.05, 0.1) is 6.61 Å². The number of nitrogen functional groups attached to an aromatic ring is 1. The van der Waals surface area contributed by atoms with Gasteiger partial charge in [0.15, 0.2) is 22.5 Å². The number of rotatable bonds is 3. The van der Waals surface area contributed by atoms with E-state index in [1.165, 1.54) is 16.3 Å². The molecule has 0 aliphatic carbocycles. The number of hydrogen-bond acceptors (Lipinski definition) is 9. The van der Waals surface area contributed by atoms with Crippen molar-refractivity contribution in [2.75, 3.05) is 18.6 Å². The summed E-state index contributed by atoms with van der Waals surface area (Å²) in [5, 5.41) is 29.6. The number of ether oxygens (including phenoxy) is 1. The maximum Gasteiger partial charge on any atom is 0.280 e. The van der Waals surface area contributed by atoms with Gasteiger partial charge in [-0.25, -0.2) is 4.98 Å². The van der Waals surface area contributed by atoms with Crippen LogP contribution in [-0.2, 0) is 4.74 Å². The van der Waals surface area contributed by atoms with E-state index < -0.39 is 36.7 Å². The molecule has 1 aliphatic rings. The first-order valence-corrected chi connectivity index (χ1v) is 7.64. The highest BCUT2D eigenvalue weighted by atomic mass is 32.2. The Morgan fingerprint density at radius 1 is 1.41 bits per heavy atom. The number of hydrogen-bond donors (Lipinski definition) is 5. The summed E-state index contributed by atoms with van der Waals surface area (Å²) in [6, 6.07) is 0. The van der Waals surface area contributed by atoms with Crippen LogP contribution in [0.15, 0.2) is 9.95 Å². The second-order valence-corrected chi connectivity index (χ2v) is 5.59. The van der Waals surface area contributed by atoms with Gasteiger partial charge in [0.25, 0.3) is 5.56 Å². The van der Waals surface area contributed by atoms with Gasteiger partial charge in [0.1, 0.15) is 18.3 Å². The third kappa shape index (κ3) is 2.18. The third-order valence-electron chi connectivity index (χ3n) is 3.49. The summed E-state index contributed by atoms with van der Waals surface area (Å²) in [6.45, 7) is -0.452. The molecule has 2 aromatic rings. The van der Waals surface area contributed by atoms with Crippen LogP contribution < -0.4 is 11.3 Å². The molecule has 3 rings (SSSR count). The van der Waals surface area contributed by atoms with Gasteiger partial charge in [0, 0.05) is 0 Å². The highest BCUT2D eigenvalue weighted by Crippen LogP contribution is 2.34. The van der Waals surface area contributed by atoms with Crippen molar-refractivity contribution in [1.29, 1.82) is 0 Å². The van der Waals surface area contributed by atoms with Crippen LogP contribution in [0.3, 0.4) is 0 Å². The quantitative estimate of drug-likeness (QED) is 0.403. The van der Waals surface area contributed by atoms with Crippen molar-refractivity contribution < 1.29 is 20.1 Å². The Kier molecular flexibility index (Phi) is 3.82. The first-order valence-electron chi connectivity index (χ1n) is 6.42. The van der Waals surface area contributed by atoms with Gasteiger partial charge < -0.3 is 25.8 Å². The Balaban J connectivity index is 2.20. The van der Waals surface area contributed by atoms with E-state index in [2.05, 4.69) is 15.0 Å². The van der Waals surface area contributed by atoms with Crippen LogP contribution in [0.25, 0.3) is 11.2 Å². The Morgan fingerprint density at radius 2 is 2.14 bits per heavy atom. The number of nitrogens with zero attached hydrogens (tertiary/aromatic N) is 3. The summed E-state index contributed by atoms with van der Waals surface area (Å²) >= 11 is 1.22. The number of aromatic amines is 1. The second kappa shape index (κ2) is 5.52. The van der Waals surface area contributed by atoms with Gasteiger partial charge in [-0.3, -0.25) is 14.3 Å². The van der Waals surface area contributed by atoms with E-state index in [9.17, 15) is 20.1 Å². The fourth-order valence-electron chi connectivity index (χ4n) is 2.45. The number of anilines is 1. The summed E-state index contributed by atoms with van der Waals surface area (Å²) in [7, 11) is 0. The smallest absolute Gasteiger partial charge is 0.280 e. The minimum atomic E-state index is -1.30. The molecule has 10 nitrogen and oxygen atoms in total. The van der Waals surface area contributed by atoms with Gasteiger partial charge >= 0.3 is 0 Å². The lowest BCUT2D eigenvalue weighted by molar-refractivity contribution is -0.0548. The van der Waals surface area contributed by atoms with Crippen molar-refractivity contribution in [3.63, 3.8) is 0 Å². The first-order chi connectivity index (χ1) is 10.5. The van der Waals surface area contributed by atoms with Crippen LogP contribution in [0, 0.1) is 0 Å². The van der Waals surface area contributed by atoms with Crippen molar-refractivity contribution in [3.05, 3.63) is 10.4 Å². The summed E-state index contributed by atoms with van der Waals surface area (Å²) in [5.41, 5.74) is 5.23. The van der Waals surface area contributed by atoms with Crippen molar-refractivity contribution in [2.24, 2.45) is 0 Å². The Bertz CT molecular complexity index is 761. The van der Waals surface area contributed by atoms with Crippen molar-refractivity contribution in [1.82, 2.24) is 19.5 Å². The van der Waals surface area contributed by atoms with E-state index in [0.717, 1.165) is 0 Å². The summed E-state index contributed by atoms with van der Waals surface area (Å²) in [4.78, 5) is 22.4. The lowest BCUT2D eigenvalue weighted by Crippen LogP contribution is -2.33. The number of aliphatic hydroxyl groups excluding tert-OH is 3. The molecule has 1 saturated heterocycles. The fraction of sp³-hybridized carbons (Fsp3) is 0.545. The number of imidazole rings is 1. The minimum absolute atomic E-state index is 0.0521. The van der Waals surface area contributed by atoms with Gasteiger partial charge in [-0.15, -0.1) is 0 Å². The van der Waals surface area contributed by atoms with E-state index in [1.54, 1.807) is 6.26 Å². The van der Waals surface area contributed by atoms with Gasteiger partial charge in [-0.1, -0.05) is 11.8 Å². The molecule has 6 N–H and O–H groups in total. The second-order valence-electron chi connectivity index (χ2n) is 4.82. The maximum atomic E-state index is 11.9. The largest absolute Gasteiger partial charge is 0.394 e. The standard InChI is InChI=1S/C11H15N5O5S/c1-22-11-13-4-7(14-10(12)15-8(4)20)16(11)9-6(19)5(18)3(2-17)21-9/h3,5-6,9,17-19H,2H2,1H3,(H3,12,14,15,20)/t3-,5+,6+,9-/m0/s1. The van der Waals surface area contributed by atoms with Crippen molar-refractivity contribution >= 4 is 28.9 Å². The SMILES string of the molecule is CSc1nc2c(=O)[nH]c(N)nc2n1[C@H]1O[C@@H](CO)[C@@H](O)[C@H]1O. The van der Waals surface area contributed by atoms with Crippen LogP contribution >= 0.6 is 11.8 Å². The van der Waals surface area contributed by atoms with Crippen LogP contribution in [0.4, 0.5) is 5.95 Å². The van der Waals surface area contributed by atoms with E-state index in [4.69, 9.17) is 10.5 Å². The van der Waals surface area contributed by atoms with Gasteiger partial charge in [-0.2, -0.15) is 4.98 Å². The molecular formula is C11H15N5O5S. The Labute approximate surface area is 127 Å². The van der Waals surface area contributed by atoms with E-state index in [-0.39, 0.29) is 17.1 Å².